The van der Waals surface area contributed by atoms with Crippen LogP contribution in [0.1, 0.15) is 13.8 Å². The zero-order valence-electron chi connectivity index (χ0n) is 14.6. The Morgan fingerprint density at radius 1 is 1.20 bits per heavy atom. The molecule has 2 aromatic rings. The van der Waals surface area contributed by atoms with Gasteiger partial charge in [0.05, 0.1) is 17.8 Å². The number of benzene rings is 2. The number of hydrogen-bond acceptors (Lipinski definition) is 5. The van der Waals surface area contributed by atoms with Gasteiger partial charge in [-0.3, -0.25) is 4.99 Å². The molecule has 130 valence electrons. The number of aliphatic hydroxyl groups is 1. The van der Waals surface area contributed by atoms with E-state index in [1.807, 2.05) is 79.4 Å². The van der Waals surface area contributed by atoms with E-state index in [2.05, 4.69) is 4.99 Å². The lowest BCUT2D eigenvalue weighted by Crippen LogP contribution is -2.42. The van der Waals surface area contributed by atoms with Gasteiger partial charge in [0.2, 0.25) is 0 Å². The van der Waals surface area contributed by atoms with Gasteiger partial charge in [0.1, 0.15) is 11.5 Å². The summed E-state index contributed by atoms with van der Waals surface area (Å²) in [5.41, 5.74) is 1.81. The van der Waals surface area contributed by atoms with E-state index in [1.165, 1.54) is 0 Å². The van der Waals surface area contributed by atoms with Gasteiger partial charge in [-0.15, -0.1) is 11.8 Å². The SMILES string of the molecule is COc1ccc(N=C(C)/C=C2\SC[C@](C)(O)N2c2ccccc2)cc1. The molecule has 0 spiro atoms. The predicted octanol–water partition coefficient (Wildman–Crippen LogP) is 4.59. The van der Waals surface area contributed by atoms with E-state index in [-0.39, 0.29) is 0 Å². The highest BCUT2D eigenvalue weighted by atomic mass is 32.2. The zero-order chi connectivity index (χ0) is 17.9. The molecule has 1 fully saturated rings. The topological polar surface area (TPSA) is 45.1 Å². The van der Waals surface area contributed by atoms with Crippen LogP contribution in [-0.4, -0.2) is 29.4 Å². The minimum Gasteiger partial charge on any atom is -0.497 e. The van der Waals surface area contributed by atoms with Gasteiger partial charge in [-0.2, -0.15) is 0 Å². The van der Waals surface area contributed by atoms with Crippen molar-refractivity contribution in [1.29, 1.82) is 0 Å². The summed E-state index contributed by atoms with van der Waals surface area (Å²) in [6.07, 6.45) is 2.02. The quantitative estimate of drug-likeness (QED) is 0.816. The second kappa shape index (κ2) is 7.33. The van der Waals surface area contributed by atoms with Gasteiger partial charge in [0.25, 0.3) is 0 Å². The van der Waals surface area contributed by atoms with Crippen LogP contribution in [0.5, 0.6) is 5.75 Å². The molecule has 0 saturated carbocycles. The van der Waals surface area contributed by atoms with Crippen molar-refractivity contribution in [2.75, 3.05) is 17.8 Å². The fraction of sp³-hybridized carbons (Fsp3) is 0.250. The Bertz CT molecular complexity index is 783. The molecule has 1 aliphatic heterocycles. The number of nitrogens with zero attached hydrogens (tertiary/aromatic N) is 2. The van der Waals surface area contributed by atoms with Gasteiger partial charge in [0.15, 0.2) is 0 Å². The molecule has 25 heavy (non-hydrogen) atoms. The second-order valence-corrected chi connectivity index (χ2v) is 7.11. The van der Waals surface area contributed by atoms with E-state index in [0.717, 1.165) is 27.9 Å². The molecule has 0 aromatic heterocycles. The van der Waals surface area contributed by atoms with Gasteiger partial charge in [-0.25, -0.2) is 0 Å². The van der Waals surface area contributed by atoms with Crippen LogP contribution in [0.4, 0.5) is 11.4 Å². The summed E-state index contributed by atoms with van der Waals surface area (Å²) in [7, 11) is 1.65. The lowest BCUT2D eigenvalue weighted by atomic mass is 10.2. The molecular weight excluding hydrogens is 332 g/mol. The molecule has 1 N–H and O–H groups in total. The summed E-state index contributed by atoms with van der Waals surface area (Å²) in [5.74, 6) is 1.43. The van der Waals surface area contributed by atoms with E-state index in [0.29, 0.717) is 5.75 Å². The standard InChI is InChI=1S/C20H22N2O2S/c1-15(21-16-9-11-18(24-3)12-10-16)13-19-22(20(2,23)14-25-19)17-7-5-4-6-8-17/h4-13,23H,14H2,1-3H3/b19-13-,21-15?/t20-/m0/s1. The van der Waals surface area contributed by atoms with Crippen molar-refractivity contribution in [3.63, 3.8) is 0 Å². The summed E-state index contributed by atoms with van der Waals surface area (Å²) in [4.78, 5) is 6.60. The number of hydrogen-bond donors (Lipinski definition) is 1. The van der Waals surface area contributed by atoms with Crippen molar-refractivity contribution in [2.24, 2.45) is 4.99 Å². The van der Waals surface area contributed by atoms with Gasteiger partial charge in [-0.1, -0.05) is 18.2 Å². The molecule has 1 aliphatic rings. The van der Waals surface area contributed by atoms with Crippen molar-refractivity contribution in [2.45, 2.75) is 19.6 Å². The van der Waals surface area contributed by atoms with Crippen LogP contribution in [-0.2, 0) is 0 Å². The molecule has 1 saturated heterocycles. The predicted molar refractivity (Wildman–Crippen MR) is 106 cm³/mol. The maximum Gasteiger partial charge on any atom is 0.149 e. The van der Waals surface area contributed by atoms with E-state index < -0.39 is 5.72 Å². The van der Waals surface area contributed by atoms with Crippen molar-refractivity contribution in [1.82, 2.24) is 0 Å². The number of methoxy groups -OCH3 is 1. The molecule has 1 atom stereocenters. The molecule has 4 nitrogen and oxygen atoms in total. The van der Waals surface area contributed by atoms with Crippen LogP contribution < -0.4 is 9.64 Å². The molecule has 2 aromatic carbocycles. The normalized spacial score (nSPS) is 22.5. The fourth-order valence-electron chi connectivity index (χ4n) is 2.74. The highest BCUT2D eigenvalue weighted by Crippen LogP contribution is 2.41. The number of anilines is 1. The third kappa shape index (κ3) is 4.06. The number of rotatable bonds is 4. The van der Waals surface area contributed by atoms with Crippen molar-refractivity contribution in [3.05, 3.63) is 65.7 Å². The monoisotopic (exact) mass is 354 g/mol. The molecule has 0 radical (unpaired) electrons. The van der Waals surface area contributed by atoms with Gasteiger partial charge in [0, 0.05) is 17.2 Å². The molecule has 5 heteroatoms. The number of aliphatic imine (C=N–C) groups is 1. The number of thioether (sulfide) groups is 1. The number of para-hydroxylation sites is 1. The van der Waals surface area contributed by atoms with E-state index in [4.69, 9.17) is 4.74 Å². The highest BCUT2D eigenvalue weighted by Gasteiger charge is 2.38. The smallest absolute Gasteiger partial charge is 0.149 e. The fourth-order valence-corrected chi connectivity index (χ4v) is 3.97. The second-order valence-electron chi connectivity index (χ2n) is 6.11. The van der Waals surface area contributed by atoms with Crippen LogP contribution in [0, 0.1) is 0 Å². The molecule has 0 unspecified atom stereocenters. The molecule has 1 heterocycles. The number of ether oxygens (including phenoxy) is 1. The van der Waals surface area contributed by atoms with Crippen LogP contribution in [0.2, 0.25) is 0 Å². The van der Waals surface area contributed by atoms with Crippen LogP contribution in [0.25, 0.3) is 0 Å². The average Bonchev–Trinajstić information content (AvgIpc) is 2.90. The summed E-state index contributed by atoms with van der Waals surface area (Å²) >= 11 is 1.63. The lowest BCUT2D eigenvalue weighted by molar-refractivity contribution is 0.0950. The Morgan fingerprint density at radius 3 is 2.52 bits per heavy atom. The summed E-state index contributed by atoms with van der Waals surface area (Å²) in [6.45, 7) is 3.80. The van der Waals surface area contributed by atoms with Crippen LogP contribution in [0.15, 0.2) is 70.7 Å². The van der Waals surface area contributed by atoms with Crippen molar-refractivity contribution < 1.29 is 9.84 Å². The summed E-state index contributed by atoms with van der Waals surface area (Å²) in [5, 5.41) is 11.7. The van der Waals surface area contributed by atoms with E-state index in [1.54, 1.807) is 18.9 Å². The third-order valence-corrected chi connectivity index (χ3v) is 5.21. The molecule has 0 amide bonds. The number of allylic oxidation sites excluding steroid dienone is 1. The summed E-state index contributed by atoms with van der Waals surface area (Å²) < 4.78 is 5.17. The third-order valence-electron chi connectivity index (χ3n) is 3.92. The maximum atomic E-state index is 10.7. The largest absolute Gasteiger partial charge is 0.497 e. The minimum atomic E-state index is -0.918. The Morgan fingerprint density at radius 2 is 1.88 bits per heavy atom. The Kier molecular flexibility index (Phi) is 5.16. The zero-order valence-corrected chi connectivity index (χ0v) is 15.5. The molecule has 0 bridgehead atoms. The highest BCUT2D eigenvalue weighted by molar-refractivity contribution is 8.03. The van der Waals surface area contributed by atoms with Crippen LogP contribution >= 0.6 is 11.8 Å². The first-order valence-electron chi connectivity index (χ1n) is 8.11. The minimum absolute atomic E-state index is 0.615. The Balaban J connectivity index is 1.88. The lowest BCUT2D eigenvalue weighted by Gasteiger charge is -2.31. The first-order chi connectivity index (χ1) is 12.0. The first-order valence-corrected chi connectivity index (χ1v) is 9.10. The Hall–Kier alpha value is -2.24. The van der Waals surface area contributed by atoms with E-state index >= 15 is 0 Å². The molecule has 3 rings (SSSR count). The molecule has 0 aliphatic carbocycles. The van der Waals surface area contributed by atoms with Gasteiger partial charge < -0.3 is 14.7 Å². The van der Waals surface area contributed by atoms with Crippen molar-refractivity contribution in [3.8, 4) is 5.75 Å². The maximum absolute atomic E-state index is 10.7. The average molecular weight is 354 g/mol. The Labute approximate surface area is 152 Å². The summed E-state index contributed by atoms with van der Waals surface area (Å²) in [6, 6.07) is 17.6. The van der Waals surface area contributed by atoms with Gasteiger partial charge in [-0.05, 0) is 56.3 Å². The van der Waals surface area contributed by atoms with E-state index in [9.17, 15) is 5.11 Å². The van der Waals surface area contributed by atoms with Crippen molar-refractivity contribution >= 4 is 28.8 Å². The van der Waals surface area contributed by atoms with Gasteiger partial charge >= 0.3 is 0 Å². The van der Waals surface area contributed by atoms with Crippen LogP contribution in [0.3, 0.4) is 0 Å². The molecular formula is C20H22N2O2S. The first kappa shape index (κ1) is 17.6.